The van der Waals surface area contributed by atoms with Crippen LogP contribution in [-0.4, -0.2) is 33.9 Å². The lowest BCUT2D eigenvalue weighted by Crippen LogP contribution is -2.24. The maximum absolute atomic E-state index is 13.6. The molecule has 0 unspecified atom stereocenters. The molecule has 28 heavy (non-hydrogen) atoms. The first kappa shape index (κ1) is 16.3. The molecular formula is C21H13FN2O4. The van der Waals surface area contributed by atoms with Crippen molar-refractivity contribution in [3.63, 3.8) is 0 Å². The lowest BCUT2D eigenvalue weighted by Gasteiger charge is -2.11. The van der Waals surface area contributed by atoms with Crippen molar-refractivity contribution in [1.29, 1.82) is 0 Å². The van der Waals surface area contributed by atoms with E-state index in [0.717, 1.165) is 4.90 Å². The predicted molar refractivity (Wildman–Crippen MR) is 100 cm³/mol. The molecule has 0 atom stereocenters. The molecule has 4 aromatic rings. The van der Waals surface area contributed by atoms with E-state index in [-0.39, 0.29) is 28.4 Å². The fourth-order valence-corrected chi connectivity index (χ4v) is 3.62. The van der Waals surface area contributed by atoms with E-state index in [2.05, 4.69) is 4.98 Å². The van der Waals surface area contributed by atoms with Crippen LogP contribution < -0.4 is 4.74 Å². The van der Waals surface area contributed by atoms with Crippen molar-refractivity contribution in [1.82, 2.24) is 9.88 Å². The SMILES string of the molecule is CN1C(=O)c2c(Oc3ccccc3O)cc3[nH]c4cc(F)ccc4c3c2C1=O. The number of fused-ring (bicyclic) bond motifs is 5. The molecular weight excluding hydrogens is 363 g/mol. The second-order valence-corrected chi connectivity index (χ2v) is 6.60. The first-order valence-corrected chi connectivity index (χ1v) is 8.52. The van der Waals surface area contributed by atoms with Gasteiger partial charge in [0.25, 0.3) is 11.8 Å². The van der Waals surface area contributed by atoms with E-state index in [1.54, 1.807) is 30.3 Å². The molecule has 0 fully saturated rings. The molecule has 2 amide bonds. The molecule has 6 nitrogen and oxygen atoms in total. The topological polar surface area (TPSA) is 82.6 Å². The second kappa shape index (κ2) is 5.56. The third-order valence-electron chi connectivity index (χ3n) is 4.93. The number of phenolic OH excluding ortho intramolecular Hbond substituents is 1. The number of carbonyl (C=O) groups excluding carboxylic acids is 2. The van der Waals surface area contributed by atoms with Gasteiger partial charge in [0.2, 0.25) is 0 Å². The largest absolute Gasteiger partial charge is 0.504 e. The zero-order valence-electron chi connectivity index (χ0n) is 14.6. The van der Waals surface area contributed by atoms with Gasteiger partial charge in [0.05, 0.1) is 16.6 Å². The summed E-state index contributed by atoms with van der Waals surface area (Å²) in [6, 6.07) is 12.1. The monoisotopic (exact) mass is 376 g/mol. The van der Waals surface area contributed by atoms with Crippen LogP contribution in [0.4, 0.5) is 4.39 Å². The van der Waals surface area contributed by atoms with E-state index >= 15 is 0 Å². The Morgan fingerprint density at radius 2 is 1.71 bits per heavy atom. The molecule has 0 radical (unpaired) electrons. The number of amides is 2. The van der Waals surface area contributed by atoms with Crippen LogP contribution in [0.15, 0.2) is 48.5 Å². The van der Waals surface area contributed by atoms with Crippen LogP contribution in [0.2, 0.25) is 0 Å². The summed E-state index contributed by atoms with van der Waals surface area (Å²) in [5.41, 5.74) is 1.36. The summed E-state index contributed by atoms with van der Waals surface area (Å²) < 4.78 is 19.5. The van der Waals surface area contributed by atoms with Crippen LogP contribution in [-0.2, 0) is 0 Å². The molecule has 0 saturated heterocycles. The lowest BCUT2D eigenvalue weighted by molar-refractivity contribution is 0.0693. The molecule has 0 spiro atoms. The van der Waals surface area contributed by atoms with Gasteiger partial charge in [-0.1, -0.05) is 12.1 Å². The zero-order valence-corrected chi connectivity index (χ0v) is 14.6. The average Bonchev–Trinajstić information content (AvgIpc) is 3.13. The number of H-pyrrole nitrogens is 1. The van der Waals surface area contributed by atoms with E-state index in [1.165, 1.54) is 25.2 Å². The molecule has 7 heteroatoms. The third kappa shape index (κ3) is 2.13. The van der Waals surface area contributed by atoms with Gasteiger partial charge in [0.15, 0.2) is 11.5 Å². The van der Waals surface area contributed by atoms with E-state index in [9.17, 15) is 19.1 Å². The lowest BCUT2D eigenvalue weighted by atomic mass is 10.0. The van der Waals surface area contributed by atoms with Gasteiger partial charge in [0, 0.05) is 29.4 Å². The Kier molecular flexibility index (Phi) is 3.24. The molecule has 3 aromatic carbocycles. The van der Waals surface area contributed by atoms with Crippen LogP contribution in [0.3, 0.4) is 0 Å². The summed E-state index contributed by atoms with van der Waals surface area (Å²) in [7, 11) is 1.40. The van der Waals surface area contributed by atoms with E-state index < -0.39 is 17.6 Å². The number of carbonyl (C=O) groups is 2. The second-order valence-electron chi connectivity index (χ2n) is 6.60. The number of ether oxygens (including phenoxy) is 1. The molecule has 0 saturated carbocycles. The van der Waals surface area contributed by atoms with Gasteiger partial charge in [-0.2, -0.15) is 0 Å². The van der Waals surface area contributed by atoms with Crippen LogP contribution in [0.5, 0.6) is 17.2 Å². The number of aromatic hydroxyl groups is 1. The molecule has 2 heterocycles. The molecule has 5 rings (SSSR count). The fourth-order valence-electron chi connectivity index (χ4n) is 3.62. The molecule has 0 bridgehead atoms. The van der Waals surface area contributed by atoms with E-state index in [4.69, 9.17) is 4.74 Å². The van der Waals surface area contributed by atoms with Crippen LogP contribution in [0, 0.1) is 5.82 Å². The number of para-hydroxylation sites is 2. The molecule has 1 aliphatic heterocycles. The molecule has 138 valence electrons. The van der Waals surface area contributed by atoms with Gasteiger partial charge in [-0.25, -0.2) is 4.39 Å². The number of hydrogen-bond acceptors (Lipinski definition) is 4. The number of benzene rings is 3. The molecule has 0 aliphatic carbocycles. The first-order valence-electron chi connectivity index (χ1n) is 8.52. The quantitative estimate of drug-likeness (QED) is 0.514. The summed E-state index contributed by atoms with van der Waals surface area (Å²) in [6.07, 6.45) is 0. The number of halogens is 1. The predicted octanol–water partition coefficient (Wildman–Crippen LogP) is 4.18. The van der Waals surface area contributed by atoms with E-state index in [0.29, 0.717) is 21.8 Å². The Morgan fingerprint density at radius 1 is 0.964 bits per heavy atom. The van der Waals surface area contributed by atoms with Crippen molar-refractivity contribution in [3.05, 3.63) is 65.5 Å². The smallest absolute Gasteiger partial charge is 0.265 e. The molecule has 2 N–H and O–H groups in total. The van der Waals surface area contributed by atoms with Crippen molar-refractivity contribution < 1.29 is 23.8 Å². The maximum atomic E-state index is 13.6. The summed E-state index contributed by atoms with van der Waals surface area (Å²) in [6.45, 7) is 0. The summed E-state index contributed by atoms with van der Waals surface area (Å²) in [4.78, 5) is 29.7. The highest BCUT2D eigenvalue weighted by atomic mass is 19.1. The molecule has 1 aromatic heterocycles. The Morgan fingerprint density at radius 3 is 2.50 bits per heavy atom. The van der Waals surface area contributed by atoms with E-state index in [1.807, 2.05) is 0 Å². The number of imide groups is 1. The minimum Gasteiger partial charge on any atom is -0.504 e. The number of rotatable bonds is 2. The zero-order chi connectivity index (χ0) is 19.6. The van der Waals surface area contributed by atoms with Gasteiger partial charge in [0.1, 0.15) is 11.6 Å². The van der Waals surface area contributed by atoms with Gasteiger partial charge >= 0.3 is 0 Å². The highest BCUT2D eigenvalue weighted by Crippen LogP contribution is 2.42. The number of phenols is 1. The number of aromatic nitrogens is 1. The highest BCUT2D eigenvalue weighted by molar-refractivity contribution is 6.31. The normalized spacial score (nSPS) is 13.6. The number of nitrogens with zero attached hydrogens (tertiary/aromatic N) is 1. The Hall–Kier alpha value is -3.87. The Labute approximate surface area is 157 Å². The highest BCUT2D eigenvalue weighted by Gasteiger charge is 2.39. The van der Waals surface area contributed by atoms with Crippen LogP contribution in [0.25, 0.3) is 21.8 Å². The van der Waals surface area contributed by atoms with Gasteiger partial charge < -0.3 is 14.8 Å². The van der Waals surface area contributed by atoms with Crippen molar-refractivity contribution in [2.45, 2.75) is 0 Å². The van der Waals surface area contributed by atoms with Gasteiger partial charge in [-0.3, -0.25) is 14.5 Å². The number of hydrogen-bond donors (Lipinski definition) is 2. The summed E-state index contributed by atoms with van der Waals surface area (Å²) in [5, 5.41) is 11.2. The third-order valence-corrected chi connectivity index (χ3v) is 4.93. The average molecular weight is 376 g/mol. The summed E-state index contributed by atoms with van der Waals surface area (Å²) >= 11 is 0. The maximum Gasteiger partial charge on any atom is 0.265 e. The molecule has 1 aliphatic rings. The van der Waals surface area contributed by atoms with Crippen molar-refractivity contribution in [2.24, 2.45) is 0 Å². The van der Waals surface area contributed by atoms with Crippen molar-refractivity contribution >= 4 is 33.6 Å². The van der Waals surface area contributed by atoms with Gasteiger partial charge in [-0.15, -0.1) is 0 Å². The Bertz CT molecular complexity index is 1330. The summed E-state index contributed by atoms with van der Waals surface area (Å²) in [5.74, 6) is -1.18. The fraction of sp³-hybridized carbons (Fsp3) is 0.0476. The minimum absolute atomic E-state index is 0.0970. The minimum atomic E-state index is -0.496. The van der Waals surface area contributed by atoms with Crippen molar-refractivity contribution in [3.8, 4) is 17.2 Å². The Balaban J connectivity index is 1.85. The number of nitrogens with one attached hydrogen (secondary N) is 1. The number of aromatic amines is 1. The van der Waals surface area contributed by atoms with Gasteiger partial charge in [-0.05, 0) is 30.3 Å². The first-order chi connectivity index (χ1) is 13.5. The van der Waals surface area contributed by atoms with Crippen LogP contribution >= 0.6 is 0 Å². The van der Waals surface area contributed by atoms with Crippen molar-refractivity contribution in [2.75, 3.05) is 7.05 Å². The van der Waals surface area contributed by atoms with Crippen LogP contribution in [0.1, 0.15) is 20.7 Å². The standard InChI is InChI=1S/C21H13FN2O4/c1-24-20(26)18-16(28-15-5-3-2-4-14(15)25)9-13-17(19(18)21(24)27)11-7-6-10(22)8-12(11)23-13/h2-9,23,25H,1H3.